The molecule has 0 amide bonds. The molecule has 0 bridgehead atoms. The second-order valence-electron chi connectivity index (χ2n) is 4.07. The molecule has 1 fully saturated rings. The van der Waals surface area contributed by atoms with Crippen LogP contribution in [0, 0.1) is 6.92 Å². The third-order valence-corrected chi connectivity index (χ3v) is 3.43. The first-order valence-corrected chi connectivity index (χ1v) is 6.03. The zero-order valence-corrected chi connectivity index (χ0v) is 10.1. The van der Waals surface area contributed by atoms with Gasteiger partial charge in [0, 0.05) is 10.5 Å². The van der Waals surface area contributed by atoms with Gasteiger partial charge in [-0.25, -0.2) is 0 Å². The van der Waals surface area contributed by atoms with Crippen LogP contribution in [0.2, 0.25) is 0 Å². The van der Waals surface area contributed by atoms with E-state index in [1.807, 2.05) is 0 Å². The van der Waals surface area contributed by atoms with Gasteiger partial charge in [-0.1, -0.05) is 22.0 Å². The summed E-state index contributed by atoms with van der Waals surface area (Å²) in [4.78, 5) is 0. The Kier molecular flexibility index (Phi) is 3.24. The number of hydrogen-bond donors (Lipinski definition) is 1. The number of benzene rings is 1. The van der Waals surface area contributed by atoms with Crippen molar-refractivity contribution in [2.45, 2.75) is 32.2 Å². The lowest BCUT2D eigenvalue weighted by molar-refractivity contribution is 0.601. The fraction of sp³-hybridized carbons (Fsp3) is 0.500. The van der Waals surface area contributed by atoms with Crippen LogP contribution in [0.4, 0.5) is 0 Å². The number of rotatable bonds is 2. The predicted octanol–water partition coefficient (Wildman–Crippen LogP) is 3.05. The molecule has 1 unspecified atom stereocenters. The Labute approximate surface area is 94.0 Å². The minimum atomic E-state index is 0.697. The van der Waals surface area contributed by atoms with Gasteiger partial charge < -0.3 is 5.32 Å². The molecule has 0 aliphatic carbocycles. The van der Waals surface area contributed by atoms with Crippen LogP contribution >= 0.6 is 15.9 Å². The summed E-state index contributed by atoms with van der Waals surface area (Å²) in [5.41, 5.74) is 2.88. The van der Waals surface area contributed by atoms with Crippen molar-refractivity contribution in [3.05, 3.63) is 33.8 Å². The standard InChI is InChI=1S/C12H16BrN/c1-9-4-5-11(13)7-10(9)8-12-3-2-6-14-12/h4-5,7,12,14H,2-3,6,8H2,1H3. The zero-order chi connectivity index (χ0) is 9.97. The van der Waals surface area contributed by atoms with Crippen molar-refractivity contribution >= 4 is 15.9 Å². The van der Waals surface area contributed by atoms with Crippen molar-refractivity contribution in [1.82, 2.24) is 5.32 Å². The van der Waals surface area contributed by atoms with E-state index in [-0.39, 0.29) is 0 Å². The molecule has 1 saturated heterocycles. The van der Waals surface area contributed by atoms with Gasteiger partial charge in [0.05, 0.1) is 0 Å². The summed E-state index contributed by atoms with van der Waals surface area (Å²) in [6, 6.07) is 7.24. The molecule has 1 aromatic carbocycles. The second-order valence-corrected chi connectivity index (χ2v) is 4.98. The van der Waals surface area contributed by atoms with Gasteiger partial charge in [-0.05, 0) is 56.0 Å². The van der Waals surface area contributed by atoms with Gasteiger partial charge in [0.1, 0.15) is 0 Å². The second kappa shape index (κ2) is 4.45. The Hall–Kier alpha value is -0.340. The maximum absolute atomic E-state index is 3.54. The fourth-order valence-electron chi connectivity index (χ4n) is 2.06. The van der Waals surface area contributed by atoms with Crippen LogP contribution in [0.15, 0.2) is 22.7 Å². The first kappa shape index (κ1) is 10.2. The summed E-state index contributed by atoms with van der Waals surface area (Å²) in [6.07, 6.45) is 3.83. The lowest BCUT2D eigenvalue weighted by Crippen LogP contribution is -2.23. The fourth-order valence-corrected chi connectivity index (χ4v) is 2.46. The van der Waals surface area contributed by atoms with Gasteiger partial charge in [0.15, 0.2) is 0 Å². The van der Waals surface area contributed by atoms with E-state index in [9.17, 15) is 0 Å². The highest BCUT2D eigenvalue weighted by atomic mass is 79.9. The maximum Gasteiger partial charge on any atom is 0.0178 e. The van der Waals surface area contributed by atoms with E-state index in [2.05, 4.69) is 46.4 Å². The van der Waals surface area contributed by atoms with E-state index in [4.69, 9.17) is 0 Å². The van der Waals surface area contributed by atoms with Crippen molar-refractivity contribution in [1.29, 1.82) is 0 Å². The third kappa shape index (κ3) is 2.37. The molecule has 1 aliphatic rings. The number of aryl methyl sites for hydroxylation is 1. The smallest absolute Gasteiger partial charge is 0.0178 e. The lowest BCUT2D eigenvalue weighted by Gasteiger charge is -2.12. The minimum Gasteiger partial charge on any atom is -0.314 e. The summed E-state index contributed by atoms with van der Waals surface area (Å²) in [7, 11) is 0. The van der Waals surface area contributed by atoms with E-state index in [1.165, 1.54) is 41.4 Å². The van der Waals surface area contributed by atoms with Crippen LogP contribution in [0.3, 0.4) is 0 Å². The van der Waals surface area contributed by atoms with Crippen LogP contribution in [0.1, 0.15) is 24.0 Å². The van der Waals surface area contributed by atoms with Crippen molar-refractivity contribution in [2.75, 3.05) is 6.54 Å². The van der Waals surface area contributed by atoms with E-state index < -0.39 is 0 Å². The van der Waals surface area contributed by atoms with Crippen LogP contribution in [-0.2, 0) is 6.42 Å². The third-order valence-electron chi connectivity index (χ3n) is 2.94. The molecule has 0 saturated carbocycles. The molecule has 1 atom stereocenters. The molecule has 0 radical (unpaired) electrons. The molecule has 0 spiro atoms. The van der Waals surface area contributed by atoms with Crippen molar-refractivity contribution < 1.29 is 0 Å². The van der Waals surface area contributed by atoms with Gasteiger partial charge in [-0.15, -0.1) is 0 Å². The number of nitrogens with one attached hydrogen (secondary N) is 1. The monoisotopic (exact) mass is 253 g/mol. The Bertz CT molecular complexity index is 316. The molecule has 1 N–H and O–H groups in total. The largest absolute Gasteiger partial charge is 0.314 e. The lowest BCUT2D eigenvalue weighted by atomic mass is 10.0. The van der Waals surface area contributed by atoms with Gasteiger partial charge >= 0.3 is 0 Å². The van der Waals surface area contributed by atoms with Gasteiger partial charge in [0.25, 0.3) is 0 Å². The zero-order valence-electron chi connectivity index (χ0n) is 8.52. The van der Waals surface area contributed by atoms with E-state index >= 15 is 0 Å². The van der Waals surface area contributed by atoms with Gasteiger partial charge in [-0.2, -0.15) is 0 Å². The Morgan fingerprint density at radius 1 is 1.50 bits per heavy atom. The first-order chi connectivity index (χ1) is 6.75. The van der Waals surface area contributed by atoms with Crippen molar-refractivity contribution in [3.8, 4) is 0 Å². The molecule has 1 nitrogen and oxygen atoms in total. The summed E-state index contributed by atoms with van der Waals surface area (Å²) in [5.74, 6) is 0. The molecule has 14 heavy (non-hydrogen) atoms. The normalized spacial score (nSPS) is 21.4. The average molecular weight is 254 g/mol. The quantitative estimate of drug-likeness (QED) is 0.855. The molecule has 1 aliphatic heterocycles. The molecule has 2 heteroatoms. The number of hydrogen-bond acceptors (Lipinski definition) is 1. The maximum atomic E-state index is 3.54. The van der Waals surface area contributed by atoms with Gasteiger partial charge in [-0.3, -0.25) is 0 Å². The van der Waals surface area contributed by atoms with Crippen LogP contribution in [0.5, 0.6) is 0 Å². The van der Waals surface area contributed by atoms with Crippen LogP contribution in [0.25, 0.3) is 0 Å². The Balaban J connectivity index is 2.10. The molecule has 2 rings (SSSR count). The molecule has 76 valence electrons. The van der Waals surface area contributed by atoms with E-state index in [0.29, 0.717) is 6.04 Å². The molecule has 1 heterocycles. The molecule has 1 aromatic rings. The Morgan fingerprint density at radius 2 is 2.36 bits per heavy atom. The molecular formula is C12H16BrN. The average Bonchev–Trinajstić information content (AvgIpc) is 2.64. The molecular weight excluding hydrogens is 238 g/mol. The SMILES string of the molecule is Cc1ccc(Br)cc1CC1CCCN1. The first-order valence-electron chi connectivity index (χ1n) is 5.24. The van der Waals surface area contributed by atoms with Crippen molar-refractivity contribution in [3.63, 3.8) is 0 Å². The van der Waals surface area contributed by atoms with Gasteiger partial charge in [0.2, 0.25) is 0 Å². The minimum absolute atomic E-state index is 0.697. The Morgan fingerprint density at radius 3 is 3.07 bits per heavy atom. The predicted molar refractivity (Wildman–Crippen MR) is 63.6 cm³/mol. The van der Waals surface area contributed by atoms with E-state index in [0.717, 1.165) is 0 Å². The van der Waals surface area contributed by atoms with E-state index in [1.54, 1.807) is 0 Å². The summed E-state index contributed by atoms with van der Waals surface area (Å²) < 4.78 is 1.19. The summed E-state index contributed by atoms with van der Waals surface area (Å²) in [5, 5.41) is 3.54. The van der Waals surface area contributed by atoms with Crippen molar-refractivity contribution in [2.24, 2.45) is 0 Å². The highest BCUT2D eigenvalue weighted by Gasteiger charge is 2.15. The molecule has 0 aromatic heterocycles. The number of halogens is 1. The topological polar surface area (TPSA) is 12.0 Å². The van der Waals surface area contributed by atoms with Crippen LogP contribution < -0.4 is 5.32 Å². The summed E-state index contributed by atoms with van der Waals surface area (Å²) >= 11 is 3.53. The van der Waals surface area contributed by atoms with Crippen LogP contribution in [-0.4, -0.2) is 12.6 Å². The summed E-state index contributed by atoms with van der Waals surface area (Å²) in [6.45, 7) is 3.38. The highest BCUT2D eigenvalue weighted by molar-refractivity contribution is 9.10. The highest BCUT2D eigenvalue weighted by Crippen LogP contribution is 2.19.